The number of halogens is 1. The summed E-state index contributed by atoms with van der Waals surface area (Å²) in [5.74, 6) is -0.0179. The fourth-order valence-electron chi connectivity index (χ4n) is 3.70. The van der Waals surface area contributed by atoms with Crippen molar-refractivity contribution in [1.29, 1.82) is 0 Å². The largest absolute Gasteiger partial charge is 0.383 e. The predicted molar refractivity (Wildman–Crippen MR) is 122 cm³/mol. The minimum absolute atomic E-state index is 0.135. The fourth-order valence-corrected chi connectivity index (χ4v) is 3.91. The van der Waals surface area contributed by atoms with E-state index in [1.165, 1.54) is 0 Å². The quantitative estimate of drug-likeness (QED) is 0.439. The van der Waals surface area contributed by atoms with Gasteiger partial charge in [0.15, 0.2) is 0 Å². The third-order valence-electron chi connectivity index (χ3n) is 5.30. The van der Waals surface area contributed by atoms with Gasteiger partial charge in [0.05, 0.1) is 19.1 Å². The van der Waals surface area contributed by atoms with E-state index < -0.39 is 0 Å². The number of hydrogen-bond acceptors (Lipinski definition) is 2. The molecule has 1 atom stereocenters. The molecular formula is C25H29ClN2O2. The molecular weight excluding hydrogens is 396 g/mol. The second-order valence-corrected chi connectivity index (χ2v) is 7.82. The van der Waals surface area contributed by atoms with Crippen LogP contribution in [0.3, 0.4) is 0 Å². The summed E-state index contributed by atoms with van der Waals surface area (Å²) in [6.07, 6.45) is 2.81. The van der Waals surface area contributed by atoms with Crippen molar-refractivity contribution < 1.29 is 9.53 Å². The average Bonchev–Trinajstić information content (AvgIpc) is 3.18. The lowest BCUT2D eigenvalue weighted by atomic mass is 9.95. The molecule has 0 radical (unpaired) electrons. The average molecular weight is 425 g/mol. The normalized spacial score (nSPS) is 12.0. The maximum atomic E-state index is 13.5. The standard InChI is InChI=1S/C25H29ClN2O2/c1-3-24(21-10-5-4-6-11-21)25(29)28(15-16-30-2)19-23-13-8-14-27(23)18-20-9-7-12-22(26)17-20/h4-14,17,24H,3,15-16,18-19H2,1-2H3/t24-/m1/s1. The third kappa shape index (κ3) is 5.74. The molecule has 0 bridgehead atoms. The number of carbonyl (C=O) groups is 1. The summed E-state index contributed by atoms with van der Waals surface area (Å²) < 4.78 is 7.45. The molecule has 0 aliphatic heterocycles. The summed E-state index contributed by atoms with van der Waals surface area (Å²) in [5, 5.41) is 0.728. The van der Waals surface area contributed by atoms with E-state index in [4.69, 9.17) is 16.3 Å². The molecule has 0 fully saturated rings. The second kappa shape index (κ2) is 11.0. The number of methoxy groups -OCH3 is 1. The Balaban J connectivity index is 1.80. The van der Waals surface area contributed by atoms with Crippen molar-refractivity contribution in [2.24, 2.45) is 0 Å². The van der Waals surface area contributed by atoms with Crippen LogP contribution in [0, 0.1) is 0 Å². The number of ether oxygens (including phenoxy) is 1. The number of rotatable bonds is 10. The highest BCUT2D eigenvalue weighted by atomic mass is 35.5. The summed E-state index contributed by atoms with van der Waals surface area (Å²) in [6.45, 7) is 4.38. The van der Waals surface area contributed by atoms with Crippen LogP contribution in [0.4, 0.5) is 0 Å². The Morgan fingerprint density at radius 3 is 2.60 bits per heavy atom. The lowest BCUT2D eigenvalue weighted by Gasteiger charge is -2.27. The molecule has 0 N–H and O–H groups in total. The van der Waals surface area contributed by atoms with Crippen LogP contribution in [0.5, 0.6) is 0 Å². The van der Waals surface area contributed by atoms with E-state index in [1.54, 1.807) is 7.11 Å². The molecule has 0 spiro atoms. The lowest BCUT2D eigenvalue weighted by molar-refractivity contribution is -0.134. The Bertz CT molecular complexity index is 939. The first-order valence-electron chi connectivity index (χ1n) is 10.3. The van der Waals surface area contributed by atoms with Gasteiger partial charge >= 0.3 is 0 Å². The minimum Gasteiger partial charge on any atom is -0.383 e. The molecule has 0 aliphatic rings. The number of nitrogens with zero attached hydrogens (tertiary/aromatic N) is 2. The zero-order valence-corrected chi connectivity index (χ0v) is 18.4. The van der Waals surface area contributed by atoms with E-state index >= 15 is 0 Å². The van der Waals surface area contributed by atoms with Crippen LogP contribution < -0.4 is 0 Å². The van der Waals surface area contributed by atoms with Crippen molar-refractivity contribution in [2.75, 3.05) is 20.3 Å². The molecule has 1 amide bonds. The van der Waals surface area contributed by atoms with Gasteiger partial charge in [0.1, 0.15) is 0 Å². The van der Waals surface area contributed by atoms with E-state index in [-0.39, 0.29) is 11.8 Å². The minimum atomic E-state index is -0.153. The molecule has 4 nitrogen and oxygen atoms in total. The van der Waals surface area contributed by atoms with Crippen molar-refractivity contribution in [1.82, 2.24) is 9.47 Å². The van der Waals surface area contributed by atoms with Crippen LogP contribution in [-0.2, 0) is 22.6 Å². The Morgan fingerprint density at radius 1 is 1.10 bits per heavy atom. The van der Waals surface area contributed by atoms with E-state index in [0.717, 1.165) is 28.3 Å². The van der Waals surface area contributed by atoms with Gasteiger partial charge in [-0.25, -0.2) is 0 Å². The van der Waals surface area contributed by atoms with Gasteiger partial charge in [0.2, 0.25) is 5.91 Å². The van der Waals surface area contributed by atoms with Crippen LogP contribution in [0.25, 0.3) is 0 Å². The molecule has 30 heavy (non-hydrogen) atoms. The summed E-state index contributed by atoms with van der Waals surface area (Å²) in [4.78, 5) is 15.4. The van der Waals surface area contributed by atoms with Crippen molar-refractivity contribution in [3.63, 3.8) is 0 Å². The van der Waals surface area contributed by atoms with Crippen LogP contribution in [-0.4, -0.2) is 35.6 Å². The van der Waals surface area contributed by atoms with Crippen LogP contribution in [0.1, 0.15) is 36.1 Å². The lowest BCUT2D eigenvalue weighted by Crippen LogP contribution is -2.37. The monoisotopic (exact) mass is 424 g/mol. The smallest absolute Gasteiger partial charge is 0.230 e. The zero-order chi connectivity index (χ0) is 21.3. The number of amides is 1. The molecule has 3 aromatic rings. The van der Waals surface area contributed by atoms with Gasteiger partial charge in [-0.05, 0) is 41.8 Å². The maximum absolute atomic E-state index is 13.5. The molecule has 0 saturated carbocycles. The highest BCUT2D eigenvalue weighted by Gasteiger charge is 2.25. The Labute approximate surface area is 184 Å². The Hall–Kier alpha value is -2.56. The van der Waals surface area contributed by atoms with E-state index in [9.17, 15) is 4.79 Å². The van der Waals surface area contributed by atoms with Crippen LogP contribution in [0.2, 0.25) is 5.02 Å². The number of hydrogen-bond donors (Lipinski definition) is 0. The van der Waals surface area contributed by atoms with E-state index in [1.807, 2.05) is 65.7 Å². The SMILES string of the molecule is CC[C@@H](C(=O)N(CCOC)Cc1cccn1Cc1cccc(Cl)c1)c1ccccc1. The van der Waals surface area contributed by atoms with E-state index in [2.05, 4.69) is 23.6 Å². The van der Waals surface area contributed by atoms with Gasteiger partial charge in [-0.1, -0.05) is 61.0 Å². The molecule has 5 heteroatoms. The molecule has 158 valence electrons. The summed E-state index contributed by atoms with van der Waals surface area (Å²) in [7, 11) is 1.67. The third-order valence-corrected chi connectivity index (χ3v) is 5.54. The summed E-state index contributed by atoms with van der Waals surface area (Å²) >= 11 is 6.14. The Kier molecular flexibility index (Phi) is 8.12. The van der Waals surface area contributed by atoms with Crippen molar-refractivity contribution in [2.45, 2.75) is 32.4 Å². The van der Waals surface area contributed by atoms with Gasteiger partial charge in [-0.3, -0.25) is 4.79 Å². The first-order chi connectivity index (χ1) is 14.6. The van der Waals surface area contributed by atoms with Gasteiger partial charge in [-0.2, -0.15) is 0 Å². The molecule has 2 aromatic carbocycles. The summed E-state index contributed by atoms with van der Waals surface area (Å²) in [5.41, 5.74) is 3.27. The molecule has 0 aliphatic carbocycles. The first-order valence-corrected chi connectivity index (χ1v) is 10.7. The van der Waals surface area contributed by atoms with Crippen molar-refractivity contribution >= 4 is 17.5 Å². The van der Waals surface area contributed by atoms with Gasteiger partial charge < -0.3 is 14.2 Å². The summed E-state index contributed by atoms with van der Waals surface area (Å²) in [6, 6.07) is 22.0. The number of aromatic nitrogens is 1. The predicted octanol–water partition coefficient (Wildman–Crippen LogP) is 5.36. The first kappa shape index (κ1) is 22.1. The molecule has 0 unspecified atom stereocenters. The molecule has 0 saturated heterocycles. The maximum Gasteiger partial charge on any atom is 0.230 e. The second-order valence-electron chi connectivity index (χ2n) is 7.38. The highest BCUT2D eigenvalue weighted by Crippen LogP contribution is 2.23. The molecule has 1 aromatic heterocycles. The van der Waals surface area contributed by atoms with Crippen LogP contribution >= 0.6 is 11.6 Å². The number of benzene rings is 2. The van der Waals surface area contributed by atoms with Gasteiger partial charge in [-0.15, -0.1) is 0 Å². The van der Waals surface area contributed by atoms with Crippen molar-refractivity contribution in [3.8, 4) is 0 Å². The van der Waals surface area contributed by atoms with Gasteiger partial charge in [0, 0.05) is 37.1 Å². The van der Waals surface area contributed by atoms with E-state index in [0.29, 0.717) is 26.2 Å². The zero-order valence-electron chi connectivity index (χ0n) is 17.6. The number of carbonyl (C=O) groups excluding carboxylic acids is 1. The molecule has 1 heterocycles. The topological polar surface area (TPSA) is 34.5 Å². The molecule has 3 rings (SSSR count). The van der Waals surface area contributed by atoms with Crippen molar-refractivity contribution in [3.05, 3.63) is 94.8 Å². The Morgan fingerprint density at radius 2 is 1.90 bits per heavy atom. The highest BCUT2D eigenvalue weighted by molar-refractivity contribution is 6.30. The van der Waals surface area contributed by atoms with Crippen LogP contribution in [0.15, 0.2) is 72.9 Å². The fraction of sp³-hybridized carbons (Fsp3) is 0.320. The van der Waals surface area contributed by atoms with Gasteiger partial charge in [0.25, 0.3) is 0 Å².